The first kappa shape index (κ1) is 12.4. The predicted octanol–water partition coefficient (Wildman–Crippen LogP) is 2.21. The van der Waals surface area contributed by atoms with Gasteiger partial charge in [-0.05, 0) is 19.9 Å². The summed E-state index contributed by atoms with van der Waals surface area (Å²) in [5.74, 6) is -0.660. The lowest BCUT2D eigenvalue weighted by molar-refractivity contribution is -0.385. The molecular formula is C9H9ClN2O4. The van der Waals surface area contributed by atoms with Gasteiger partial charge in [-0.15, -0.1) is 0 Å². The first-order valence-electron chi connectivity index (χ1n) is 4.43. The highest BCUT2D eigenvalue weighted by molar-refractivity contribution is 6.31. The van der Waals surface area contributed by atoms with E-state index >= 15 is 0 Å². The van der Waals surface area contributed by atoms with Crippen LogP contribution in [0, 0.1) is 10.1 Å². The number of aromatic nitrogens is 1. The molecule has 0 unspecified atom stereocenters. The quantitative estimate of drug-likeness (QED) is 0.352. The summed E-state index contributed by atoms with van der Waals surface area (Å²) in [6, 6.07) is 2.32. The molecule has 86 valence electrons. The molecule has 0 saturated heterocycles. The van der Waals surface area contributed by atoms with E-state index < -0.39 is 10.9 Å². The summed E-state index contributed by atoms with van der Waals surface area (Å²) >= 11 is 5.54. The summed E-state index contributed by atoms with van der Waals surface area (Å²) in [5, 5.41) is 10.1. The molecule has 0 radical (unpaired) electrons. The average Bonchev–Trinajstić information content (AvgIpc) is 2.15. The molecule has 0 fully saturated rings. The van der Waals surface area contributed by atoms with Gasteiger partial charge in [0.2, 0.25) is 5.15 Å². The van der Waals surface area contributed by atoms with Gasteiger partial charge in [-0.1, -0.05) is 11.6 Å². The van der Waals surface area contributed by atoms with Crippen molar-refractivity contribution in [2.75, 3.05) is 0 Å². The van der Waals surface area contributed by atoms with Gasteiger partial charge in [0.25, 0.3) is 0 Å². The Kier molecular flexibility index (Phi) is 3.78. The highest BCUT2D eigenvalue weighted by Gasteiger charge is 2.18. The van der Waals surface area contributed by atoms with Crippen molar-refractivity contribution in [3.63, 3.8) is 0 Å². The van der Waals surface area contributed by atoms with E-state index in [1.54, 1.807) is 13.8 Å². The van der Waals surface area contributed by atoms with E-state index in [0.29, 0.717) is 0 Å². The largest absolute Gasteiger partial charge is 0.458 e. The number of carbonyl (C=O) groups is 1. The van der Waals surface area contributed by atoms with Gasteiger partial charge in [0, 0.05) is 6.07 Å². The number of carbonyl (C=O) groups excluding carboxylic acids is 1. The van der Waals surface area contributed by atoms with Crippen LogP contribution in [0.4, 0.5) is 5.69 Å². The first-order valence-corrected chi connectivity index (χ1v) is 4.81. The molecule has 1 aromatic heterocycles. The summed E-state index contributed by atoms with van der Waals surface area (Å²) in [6.45, 7) is 3.37. The van der Waals surface area contributed by atoms with Crippen LogP contribution < -0.4 is 0 Å². The van der Waals surface area contributed by atoms with E-state index in [-0.39, 0.29) is 22.6 Å². The van der Waals surface area contributed by atoms with Gasteiger partial charge in [0.1, 0.15) is 0 Å². The highest BCUT2D eigenvalue weighted by Crippen LogP contribution is 2.21. The average molecular weight is 245 g/mol. The Morgan fingerprint density at radius 1 is 1.56 bits per heavy atom. The Balaban J connectivity index is 2.97. The molecular weight excluding hydrogens is 236 g/mol. The SMILES string of the molecule is CC(C)OC(=O)c1ccc([N+](=O)[O-])c(Cl)n1. The van der Waals surface area contributed by atoms with Crippen molar-refractivity contribution >= 4 is 23.3 Å². The third-order valence-corrected chi connectivity index (χ3v) is 1.86. The third kappa shape index (κ3) is 2.90. The molecule has 0 aliphatic heterocycles. The maximum absolute atomic E-state index is 11.4. The molecule has 1 aromatic rings. The van der Waals surface area contributed by atoms with E-state index in [1.807, 2.05) is 0 Å². The van der Waals surface area contributed by atoms with Crippen LogP contribution in [-0.2, 0) is 4.74 Å². The van der Waals surface area contributed by atoms with Crippen LogP contribution in [0.15, 0.2) is 12.1 Å². The number of nitrogens with zero attached hydrogens (tertiary/aromatic N) is 2. The molecule has 6 nitrogen and oxygen atoms in total. The van der Waals surface area contributed by atoms with Crippen LogP contribution in [0.2, 0.25) is 5.15 Å². The fraction of sp³-hybridized carbons (Fsp3) is 0.333. The minimum atomic E-state index is -0.674. The van der Waals surface area contributed by atoms with Crippen molar-refractivity contribution in [3.8, 4) is 0 Å². The van der Waals surface area contributed by atoms with Crippen LogP contribution in [0.25, 0.3) is 0 Å². The second kappa shape index (κ2) is 4.89. The maximum Gasteiger partial charge on any atom is 0.357 e. The first-order chi connectivity index (χ1) is 7.41. The lowest BCUT2D eigenvalue weighted by Gasteiger charge is -2.06. The van der Waals surface area contributed by atoms with Crippen molar-refractivity contribution in [1.29, 1.82) is 0 Å². The Bertz CT molecular complexity index is 434. The van der Waals surface area contributed by atoms with Crippen molar-refractivity contribution in [2.24, 2.45) is 0 Å². The Morgan fingerprint density at radius 3 is 2.62 bits per heavy atom. The van der Waals surface area contributed by atoms with Crippen LogP contribution >= 0.6 is 11.6 Å². The number of halogens is 1. The fourth-order valence-electron chi connectivity index (χ4n) is 0.951. The zero-order valence-electron chi connectivity index (χ0n) is 8.64. The standard InChI is InChI=1S/C9H9ClN2O4/c1-5(2)16-9(13)6-3-4-7(12(14)15)8(10)11-6/h3-5H,1-2H3. The van der Waals surface area contributed by atoms with E-state index in [4.69, 9.17) is 16.3 Å². The van der Waals surface area contributed by atoms with E-state index in [1.165, 1.54) is 6.07 Å². The van der Waals surface area contributed by atoms with Crippen LogP contribution in [0.3, 0.4) is 0 Å². The molecule has 7 heteroatoms. The second-order valence-corrected chi connectivity index (χ2v) is 3.58. The summed E-state index contributed by atoms with van der Waals surface area (Å²) in [6.07, 6.45) is -0.289. The number of ether oxygens (including phenoxy) is 1. The molecule has 1 heterocycles. The molecule has 0 saturated carbocycles. The molecule has 16 heavy (non-hydrogen) atoms. The monoisotopic (exact) mass is 244 g/mol. The molecule has 0 bridgehead atoms. The molecule has 0 spiro atoms. The van der Waals surface area contributed by atoms with Gasteiger partial charge >= 0.3 is 11.7 Å². The number of esters is 1. The van der Waals surface area contributed by atoms with Crippen molar-refractivity contribution in [3.05, 3.63) is 33.1 Å². The predicted molar refractivity (Wildman–Crippen MR) is 56.5 cm³/mol. The van der Waals surface area contributed by atoms with Gasteiger partial charge in [0.05, 0.1) is 11.0 Å². The van der Waals surface area contributed by atoms with Gasteiger partial charge in [0.15, 0.2) is 5.69 Å². The maximum atomic E-state index is 11.4. The zero-order chi connectivity index (χ0) is 12.3. The van der Waals surface area contributed by atoms with E-state index in [9.17, 15) is 14.9 Å². The number of hydrogen-bond donors (Lipinski definition) is 0. The molecule has 1 rings (SSSR count). The Hall–Kier alpha value is -1.69. The van der Waals surface area contributed by atoms with Crippen LogP contribution in [0.1, 0.15) is 24.3 Å². The van der Waals surface area contributed by atoms with Gasteiger partial charge in [-0.25, -0.2) is 9.78 Å². The van der Waals surface area contributed by atoms with Crippen molar-refractivity contribution in [2.45, 2.75) is 20.0 Å². The van der Waals surface area contributed by atoms with E-state index in [2.05, 4.69) is 4.98 Å². The molecule has 0 aliphatic carbocycles. The number of nitro groups is 1. The van der Waals surface area contributed by atoms with Crippen LogP contribution in [0.5, 0.6) is 0 Å². The number of rotatable bonds is 3. The summed E-state index contributed by atoms with van der Waals surface area (Å²) in [7, 11) is 0. The van der Waals surface area contributed by atoms with Gasteiger partial charge in [-0.3, -0.25) is 10.1 Å². The van der Waals surface area contributed by atoms with Gasteiger partial charge < -0.3 is 4.74 Å². The number of pyridine rings is 1. The smallest absolute Gasteiger partial charge is 0.357 e. The molecule has 0 atom stereocenters. The lowest BCUT2D eigenvalue weighted by atomic mass is 10.3. The Morgan fingerprint density at radius 2 is 2.19 bits per heavy atom. The topological polar surface area (TPSA) is 82.3 Å². The van der Waals surface area contributed by atoms with E-state index in [0.717, 1.165) is 6.07 Å². The minimum Gasteiger partial charge on any atom is -0.458 e. The van der Waals surface area contributed by atoms with Gasteiger partial charge in [-0.2, -0.15) is 0 Å². The molecule has 0 aliphatic rings. The third-order valence-electron chi connectivity index (χ3n) is 1.58. The summed E-state index contributed by atoms with van der Waals surface area (Å²) < 4.78 is 4.86. The fourth-order valence-corrected chi connectivity index (χ4v) is 1.17. The normalized spacial score (nSPS) is 10.2. The number of hydrogen-bond acceptors (Lipinski definition) is 5. The van der Waals surface area contributed by atoms with Crippen molar-refractivity contribution in [1.82, 2.24) is 4.98 Å². The Labute approximate surface area is 96.3 Å². The highest BCUT2D eigenvalue weighted by atomic mass is 35.5. The molecule has 0 aromatic carbocycles. The zero-order valence-corrected chi connectivity index (χ0v) is 9.39. The second-order valence-electron chi connectivity index (χ2n) is 3.22. The van der Waals surface area contributed by atoms with Crippen LogP contribution in [-0.4, -0.2) is 22.0 Å². The summed E-state index contributed by atoms with van der Waals surface area (Å²) in [5.41, 5.74) is -0.396. The lowest BCUT2D eigenvalue weighted by Crippen LogP contribution is -2.13. The molecule has 0 amide bonds. The summed E-state index contributed by atoms with van der Waals surface area (Å²) in [4.78, 5) is 24.7. The minimum absolute atomic E-state index is 0.0516. The molecule has 0 N–H and O–H groups in total. The van der Waals surface area contributed by atoms with Crippen molar-refractivity contribution < 1.29 is 14.5 Å².